The third kappa shape index (κ3) is 4.32. The maximum atomic E-state index is 11.3. The molecule has 0 aliphatic rings. The van der Waals surface area contributed by atoms with Gasteiger partial charge in [0.25, 0.3) is 0 Å². The van der Waals surface area contributed by atoms with Crippen molar-refractivity contribution in [1.29, 1.82) is 0 Å². The summed E-state index contributed by atoms with van der Waals surface area (Å²) in [5, 5.41) is 9.25. The average Bonchev–Trinajstić information content (AvgIpc) is 2.93. The predicted octanol–water partition coefficient (Wildman–Crippen LogP) is 1.32. The van der Waals surface area contributed by atoms with Crippen molar-refractivity contribution in [1.82, 2.24) is 20.5 Å². The summed E-state index contributed by atoms with van der Waals surface area (Å²) >= 11 is 1.12. The molecule has 4 N–H and O–H groups in total. The van der Waals surface area contributed by atoms with Gasteiger partial charge < -0.3 is 5.73 Å². The number of nitrogens with two attached hydrogens (primary N) is 1. The fraction of sp³-hybridized carbons (Fsp3) is 0.231. The Morgan fingerprint density at radius 3 is 2.67 bits per heavy atom. The Balaban J connectivity index is 1.97. The zero-order valence-electron chi connectivity index (χ0n) is 11.4. The van der Waals surface area contributed by atoms with Crippen LogP contribution < -0.4 is 11.1 Å². The van der Waals surface area contributed by atoms with Crippen molar-refractivity contribution >= 4 is 23.7 Å². The van der Waals surface area contributed by atoms with Crippen molar-refractivity contribution in [3.8, 4) is 11.4 Å². The molecule has 0 aliphatic carbocycles. The van der Waals surface area contributed by atoms with E-state index in [4.69, 9.17) is 5.73 Å². The minimum atomic E-state index is -0.868. The number of aryl methyl sites for hydroxylation is 1. The quantitative estimate of drug-likeness (QED) is 0.721. The largest absolute Gasteiger partial charge is 0.351 e. The lowest BCUT2D eigenvalue weighted by Crippen LogP contribution is -2.36. The van der Waals surface area contributed by atoms with Gasteiger partial charge in [0.1, 0.15) is 0 Å². The van der Waals surface area contributed by atoms with Crippen molar-refractivity contribution < 1.29 is 9.59 Å². The zero-order chi connectivity index (χ0) is 15.2. The van der Waals surface area contributed by atoms with Crippen LogP contribution in [0.15, 0.2) is 29.4 Å². The van der Waals surface area contributed by atoms with E-state index in [1.165, 1.54) is 5.56 Å². The summed E-state index contributed by atoms with van der Waals surface area (Å²) in [4.78, 5) is 26.1. The summed E-state index contributed by atoms with van der Waals surface area (Å²) in [6.45, 7) is 2.09. The van der Waals surface area contributed by atoms with E-state index in [9.17, 15) is 9.59 Å². The van der Waals surface area contributed by atoms with Crippen molar-refractivity contribution in [2.75, 3.05) is 5.75 Å². The first-order valence-corrected chi connectivity index (χ1v) is 7.31. The Kier molecular flexibility index (Phi) is 4.94. The Morgan fingerprint density at radius 2 is 2.05 bits per heavy atom. The summed E-state index contributed by atoms with van der Waals surface area (Å²) in [5.41, 5.74) is 7.02. The van der Waals surface area contributed by atoms with Gasteiger partial charge in [-0.05, 0) is 12.0 Å². The van der Waals surface area contributed by atoms with Crippen molar-refractivity contribution in [3.63, 3.8) is 0 Å². The molecule has 1 aromatic heterocycles. The Hall–Kier alpha value is -2.35. The number of urea groups is 1. The van der Waals surface area contributed by atoms with Gasteiger partial charge in [-0.3, -0.25) is 15.2 Å². The fourth-order valence-corrected chi connectivity index (χ4v) is 2.24. The molecular weight excluding hydrogens is 290 g/mol. The summed E-state index contributed by atoms with van der Waals surface area (Å²) in [7, 11) is 0. The van der Waals surface area contributed by atoms with E-state index in [2.05, 4.69) is 22.1 Å². The molecule has 2 aromatic rings. The van der Waals surface area contributed by atoms with E-state index in [1.54, 1.807) is 0 Å². The third-order valence-electron chi connectivity index (χ3n) is 2.70. The molecule has 0 radical (unpaired) electrons. The molecule has 0 bridgehead atoms. The maximum Gasteiger partial charge on any atom is 0.318 e. The molecule has 0 unspecified atom stereocenters. The molecule has 8 heteroatoms. The molecule has 7 nitrogen and oxygen atoms in total. The van der Waals surface area contributed by atoms with Crippen LogP contribution in [0, 0.1) is 0 Å². The number of rotatable bonds is 5. The number of carbonyl (C=O) groups excluding carboxylic acids is 2. The molecule has 21 heavy (non-hydrogen) atoms. The molecule has 1 aromatic carbocycles. The predicted molar refractivity (Wildman–Crippen MR) is 79.6 cm³/mol. The first-order chi connectivity index (χ1) is 10.1. The van der Waals surface area contributed by atoms with Gasteiger partial charge in [0, 0.05) is 5.56 Å². The number of hydrogen-bond acceptors (Lipinski definition) is 5. The molecule has 110 valence electrons. The van der Waals surface area contributed by atoms with Crippen LogP contribution >= 0.6 is 11.8 Å². The summed E-state index contributed by atoms with van der Waals surface area (Å²) in [5.74, 6) is 0.177. The highest BCUT2D eigenvalue weighted by Crippen LogP contribution is 2.19. The van der Waals surface area contributed by atoms with Gasteiger partial charge in [0.15, 0.2) is 5.82 Å². The van der Waals surface area contributed by atoms with Gasteiger partial charge in [-0.1, -0.05) is 43.0 Å². The van der Waals surface area contributed by atoms with Gasteiger partial charge in [-0.2, -0.15) is 0 Å². The highest BCUT2D eigenvalue weighted by atomic mass is 32.2. The van der Waals surface area contributed by atoms with Crippen LogP contribution in [-0.4, -0.2) is 32.9 Å². The summed E-state index contributed by atoms with van der Waals surface area (Å²) in [6, 6.07) is 7.13. The topological polar surface area (TPSA) is 114 Å². The van der Waals surface area contributed by atoms with Gasteiger partial charge in [0.2, 0.25) is 11.1 Å². The Bertz CT molecular complexity index is 638. The molecule has 3 amide bonds. The van der Waals surface area contributed by atoms with Crippen LogP contribution in [0.4, 0.5) is 4.79 Å². The Labute approximate surface area is 125 Å². The minimum absolute atomic E-state index is 0.0228. The third-order valence-corrected chi connectivity index (χ3v) is 3.54. The van der Waals surface area contributed by atoms with E-state index in [0.717, 1.165) is 23.7 Å². The number of thioether (sulfide) groups is 1. The van der Waals surface area contributed by atoms with E-state index in [1.807, 2.05) is 29.6 Å². The lowest BCUT2D eigenvalue weighted by Gasteiger charge is -1.98. The number of hydrogen-bond donors (Lipinski definition) is 3. The molecule has 0 aliphatic heterocycles. The second-order valence-electron chi connectivity index (χ2n) is 4.22. The normalized spacial score (nSPS) is 10.3. The number of benzene rings is 1. The molecular formula is C13H15N5O2S. The first-order valence-electron chi connectivity index (χ1n) is 6.32. The standard InChI is InChI=1S/C13H15N5O2S/c1-2-8-3-5-9(6-4-8)11-16-13(18-17-11)21-7-10(19)15-12(14)20/h3-6H,2,7H2,1H3,(H,16,17,18)(H3,14,15,19,20). The fourth-order valence-electron chi connectivity index (χ4n) is 1.64. The molecule has 0 saturated heterocycles. The van der Waals surface area contributed by atoms with Gasteiger partial charge >= 0.3 is 6.03 Å². The van der Waals surface area contributed by atoms with Gasteiger partial charge in [-0.25, -0.2) is 9.78 Å². The smallest absolute Gasteiger partial charge is 0.318 e. The molecule has 0 atom stereocenters. The molecule has 1 heterocycles. The molecule has 0 fully saturated rings. The number of amides is 3. The van der Waals surface area contributed by atoms with E-state index in [-0.39, 0.29) is 5.75 Å². The second-order valence-corrected chi connectivity index (χ2v) is 5.16. The minimum Gasteiger partial charge on any atom is -0.351 e. The highest BCUT2D eigenvalue weighted by molar-refractivity contribution is 7.99. The highest BCUT2D eigenvalue weighted by Gasteiger charge is 2.10. The van der Waals surface area contributed by atoms with Crippen LogP contribution in [0.1, 0.15) is 12.5 Å². The van der Waals surface area contributed by atoms with Crippen LogP contribution in [0.5, 0.6) is 0 Å². The van der Waals surface area contributed by atoms with E-state index >= 15 is 0 Å². The number of aromatic amines is 1. The van der Waals surface area contributed by atoms with E-state index < -0.39 is 11.9 Å². The Morgan fingerprint density at radius 1 is 1.33 bits per heavy atom. The number of H-pyrrole nitrogens is 1. The second kappa shape index (κ2) is 6.89. The number of imide groups is 1. The SMILES string of the molecule is CCc1ccc(-c2nc(SCC(=O)NC(N)=O)n[nH]2)cc1. The number of primary amides is 1. The number of aromatic nitrogens is 3. The number of nitrogens with one attached hydrogen (secondary N) is 2. The van der Waals surface area contributed by atoms with Gasteiger partial charge in [-0.15, -0.1) is 5.10 Å². The number of carbonyl (C=O) groups is 2. The van der Waals surface area contributed by atoms with Crippen molar-refractivity contribution in [3.05, 3.63) is 29.8 Å². The monoisotopic (exact) mass is 305 g/mol. The first kappa shape index (κ1) is 15.0. The van der Waals surface area contributed by atoms with Crippen LogP contribution in [0.25, 0.3) is 11.4 Å². The lowest BCUT2D eigenvalue weighted by molar-refractivity contribution is -0.117. The van der Waals surface area contributed by atoms with Crippen molar-refractivity contribution in [2.45, 2.75) is 18.5 Å². The van der Waals surface area contributed by atoms with Crippen LogP contribution in [-0.2, 0) is 11.2 Å². The molecule has 0 spiro atoms. The van der Waals surface area contributed by atoms with E-state index in [0.29, 0.717) is 11.0 Å². The number of nitrogens with zero attached hydrogens (tertiary/aromatic N) is 2. The van der Waals surface area contributed by atoms with Crippen LogP contribution in [0.2, 0.25) is 0 Å². The van der Waals surface area contributed by atoms with Crippen molar-refractivity contribution in [2.24, 2.45) is 5.73 Å². The lowest BCUT2D eigenvalue weighted by atomic mass is 10.1. The van der Waals surface area contributed by atoms with Gasteiger partial charge in [0.05, 0.1) is 5.75 Å². The summed E-state index contributed by atoms with van der Waals surface area (Å²) < 4.78 is 0. The average molecular weight is 305 g/mol. The summed E-state index contributed by atoms with van der Waals surface area (Å²) in [6.07, 6.45) is 0.979. The maximum absolute atomic E-state index is 11.3. The molecule has 0 saturated carbocycles. The molecule has 2 rings (SSSR count). The van der Waals surface area contributed by atoms with Crippen LogP contribution in [0.3, 0.4) is 0 Å². The zero-order valence-corrected chi connectivity index (χ0v) is 12.2.